The van der Waals surface area contributed by atoms with Crippen molar-refractivity contribution in [2.45, 2.75) is 45.3 Å². The quantitative estimate of drug-likeness (QED) is 0.732. The SMILES string of the molecule is CC(C)(C)OC(=O)N1CCCC1C(=O)NCC(=O)ON1C(=O)c2ccccc2C1=O. The minimum atomic E-state index is -0.986. The molecule has 1 saturated heterocycles. The maximum absolute atomic E-state index is 12.5. The van der Waals surface area contributed by atoms with E-state index in [0.29, 0.717) is 24.4 Å². The van der Waals surface area contributed by atoms with E-state index < -0.39 is 48.0 Å². The van der Waals surface area contributed by atoms with Gasteiger partial charge in [0.1, 0.15) is 18.2 Å². The zero-order valence-electron chi connectivity index (χ0n) is 17.0. The number of imide groups is 1. The first kappa shape index (κ1) is 21.3. The Morgan fingerprint density at radius 3 is 2.27 bits per heavy atom. The van der Waals surface area contributed by atoms with Crippen molar-refractivity contribution < 1.29 is 33.5 Å². The molecule has 0 saturated carbocycles. The first-order chi connectivity index (χ1) is 14.1. The number of hydroxylamine groups is 2. The van der Waals surface area contributed by atoms with Crippen LogP contribution < -0.4 is 5.32 Å². The highest BCUT2D eigenvalue weighted by molar-refractivity contribution is 6.20. The Kier molecular flexibility index (Phi) is 5.77. The van der Waals surface area contributed by atoms with Gasteiger partial charge in [-0.05, 0) is 45.7 Å². The number of rotatable bonds is 4. The molecule has 2 aliphatic rings. The van der Waals surface area contributed by atoms with Crippen LogP contribution in [0.3, 0.4) is 0 Å². The van der Waals surface area contributed by atoms with Gasteiger partial charge in [-0.25, -0.2) is 9.59 Å². The Balaban J connectivity index is 1.54. The van der Waals surface area contributed by atoms with E-state index in [1.54, 1.807) is 32.9 Å². The molecule has 1 fully saturated rings. The van der Waals surface area contributed by atoms with Crippen LogP contribution >= 0.6 is 0 Å². The third kappa shape index (κ3) is 4.42. The zero-order valence-corrected chi connectivity index (χ0v) is 17.0. The van der Waals surface area contributed by atoms with Gasteiger partial charge in [0.25, 0.3) is 11.8 Å². The average molecular weight is 417 g/mol. The summed E-state index contributed by atoms with van der Waals surface area (Å²) in [5.74, 6) is -3.03. The molecule has 0 bridgehead atoms. The first-order valence-electron chi connectivity index (χ1n) is 9.54. The van der Waals surface area contributed by atoms with Crippen LogP contribution in [-0.4, -0.2) is 64.5 Å². The molecule has 1 unspecified atom stereocenters. The molecule has 10 nitrogen and oxygen atoms in total. The van der Waals surface area contributed by atoms with E-state index in [1.165, 1.54) is 17.0 Å². The van der Waals surface area contributed by atoms with Crippen LogP contribution in [0.15, 0.2) is 24.3 Å². The van der Waals surface area contributed by atoms with Crippen LogP contribution in [0.1, 0.15) is 54.3 Å². The van der Waals surface area contributed by atoms with Crippen molar-refractivity contribution in [1.29, 1.82) is 0 Å². The van der Waals surface area contributed by atoms with E-state index in [4.69, 9.17) is 9.57 Å². The van der Waals surface area contributed by atoms with Gasteiger partial charge < -0.3 is 14.9 Å². The lowest BCUT2D eigenvalue weighted by molar-refractivity contribution is -0.167. The summed E-state index contributed by atoms with van der Waals surface area (Å²) in [7, 11) is 0. The van der Waals surface area contributed by atoms with Gasteiger partial charge in [-0.3, -0.25) is 19.3 Å². The maximum atomic E-state index is 12.5. The second kappa shape index (κ2) is 8.13. The summed E-state index contributed by atoms with van der Waals surface area (Å²) < 4.78 is 5.30. The molecule has 0 spiro atoms. The van der Waals surface area contributed by atoms with Gasteiger partial charge in [-0.2, -0.15) is 0 Å². The number of amides is 4. The summed E-state index contributed by atoms with van der Waals surface area (Å²) >= 11 is 0. The van der Waals surface area contributed by atoms with E-state index in [0.717, 1.165) is 0 Å². The van der Waals surface area contributed by atoms with Crippen LogP contribution in [-0.2, 0) is 19.2 Å². The molecule has 4 amide bonds. The van der Waals surface area contributed by atoms with Crippen LogP contribution in [0, 0.1) is 0 Å². The average Bonchev–Trinajstić information content (AvgIpc) is 3.25. The number of hydrogen-bond donors (Lipinski definition) is 1. The lowest BCUT2D eigenvalue weighted by Crippen LogP contribution is -2.49. The minimum Gasteiger partial charge on any atom is -0.444 e. The van der Waals surface area contributed by atoms with Gasteiger partial charge in [0.05, 0.1) is 11.1 Å². The highest BCUT2D eigenvalue weighted by Gasteiger charge is 2.39. The van der Waals surface area contributed by atoms with Crippen LogP contribution in [0.2, 0.25) is 0 Å². The molecule has 0 aliphatic carbocycles. The van der Waals surface area contributed by atoms with Gasteiger partial charge in [0.15, 0.2) is 0 Å². The maximum Gasteiger partial charge on any atom is 0.410 e. The fourth-order valence-corrected chi connectivity index (χ4v) is 3.24. The number of benzene rings is 1. The third-order valence-corrected chi connectivity index (χ3v) is 4.54. The van der Waals surface area contributed by atoms with Crippen molar-refractivity contribution in [2.24, 2.45) is 0 Å². The van der Waals surface area contributed by atoms with Crippen molar-refractivity contribution in [2.75, 3.05) is 13.1 Å². The van der Waals surface area contributed by atoms with Crippen molar-refractivity contribution in [3.05, 3.63) is 35.4 Å². The smallest absolute Gasteiger partial charge is 0.410 e. The minimum absolute atomic E-state index is 0.137. The summed E-state index contributed by atoms with van der Waals surface area (Å²) in [6.07, 6.45) is 0.448. The summed E-state index contributed by atoms with van der Waals surface area (Å²) in [5.41, 5.74) is -0.423. The van der Waals surface area contributed by atoms with Gasteiger partial charge in [-0.1, -0.05) is 17.2 Å². The van der Waals surface area contributed by atoms with Gasteiger partial charge >= 0.3 is 12.1 Å². The van der Waals surface area contributed by atoms with Crippen LogP contribution in [0.4, 0.5) is 4.79 Å². The number of hydrogen-bond acceptors (Lipinski definition) is 7. The molecule has 3 rings (SSSR count). The molecular formula is C20H23N3O7. The standard InChI is InChI=1S/C20H23N3O7/c1-20(2,3)29-19(28)22-10-6-9-14(22)16(25)21-11-15(24)30-23-17(26)12-7-4-5-8-13(12)18(23)27/h4-5,7-8,14H,6,9-11H2,1-3H3,(H,21,25). The summed E-state index contributed by atoms with van der Waals surface area (Å²) in [4.78, 5) is 67.4. The monoisotopic (exact) mass is 417 g/mol. The molecular weight excluding hydrogens is 394 g/mol. The van der Waals surface area contributed by atoms with E-state index in [2.05, 4.69) is 5.32 Å². The lowest BCUT2D eigenvalue weighted by Gasteiger charge is -2.28. The van der Waals surface area contributed by atoms with Crippen LogP contribution in [0.5, 0.6) is 0 Å². The topological polar surface area (TPSA) is 122 Å². The van der Waals surface area contributed by atoms with E-state index in [1.807, 2.05) is 0 Å². The predicted octanol–water partition coefficient (Wildman–Crippen LogP) is 1.26. The molecule has 0 radical (unpaired) electrons. The second-order valence-corrected chi connectivity index (χ2v) is 7.96. The second-order valence-electron chi connectivity index (χ2n) is 7.96. The number of ether oxygens (including phenoxy) is 1. The predicted molar refractivity (Wildman–Crippen MR) is 102 cm³/mol. The van der Waals surface area contributed by atoms with Crippen LogP contribution in [0.25, 0.3) is 0 Å². The Labute approximate surface area is 173 Å². The molecule has 10 heteroatoms. The third-order valence-electron chi connectivity index (χ3n) is 4.54. The first-order valence-corrected chi connectivity index (χ1v) is 9.54. The fourth-order valence-electron chi connectivity index (χ4n) is 3.24. The molecule has 1 aromatic rings. The van der Waals surface area contributed by atoms with E-state index in [-0.39, 0.29) is 11.1 Å². The largest absolute Gasteiger partial charge is 0.444 e. The Morgan fingerprint density at radius 2 is 1.70 bits per heavy atom. The van der Waals surface area contributed by atoms with Crippen molar-refractivity contribution in [3.63, 3.8) is 0 Å². The molecule has 2 heterocycles. The van der Waals surface area contributed by atoms with Crippen molar-refractivity contribution in [1.82, 2.24) is 15.3 Å². The molecule has 1 aromatic carbocycles. The fraction of sp³-hybridized carbons (Fsp3) is 0.450. The van der Waals surface area contributed by atoms with Gasteiger partial charge in [0.2, 0.25) is 5.91 Å². The molecule has 0 aromatic heterocycles. The molecule has 2 aliphatic heterocycles. The number of nitrogens with one attached hydrogen (secondary N) is 1. The molecule has 30 heavy (non-hydrogen) atoms. The van der Waals surface area contributed by atoms with E-state index in [9.17, 15) is 24.0 Å². The lowest BCUT2D eigenvalue weighted by atomic mass is 10.1. The summed E-state index contributed by atoms with van der Waals surface area (Å²) in [5, 5.41) is 2.76. The Bertz CT molecular complexity index is 871. The molecule has 1 atom stereocenters. The van der Waals surface area contributed by atoms with Gasteiger partial charge in [-0.15, -0.1) is 0 Å². The number of carbonyl (C=O) groups excluding carboxylic acids is 5. The van der Waals surface area contributed by atoms with E-state index >= 15 is 0 Å². The normalized spacial score (nSPS) is 18.3. The highest BCUT2D eigenvalue weighted by Crippen LogP contribution is 2.23. The molecule has 1 N–H and O–H groups in total. The number of fused-ring (bicyclic) bond motifs is 1. The van der Waals surface area contributed by atoms with Crippen molar-refractivity contribution >= 4 is 29.8 Å². The Hall–Kier alpha value is -3.43. The number of nitrogens with zero attached hydrogens (tertiary/aromatic N) is 2. The Morgan fingerprint density at radius 1 is 1.10 bits per heavy atom. The summed E-state index contributed by atoms with van der Waals surface area (Å²) in [6, 6.07) is 5.32. The number of carbonyl (C=O) groups is 5. The zero-order chi connectivity index (χ0) is 22.1. The van der Waals surface area contributed by atoms with Crippen molar-refractivity contribution in [3.8, 4) is 0 Å². The van der Waals surface area contributed by atoms with Gasteiger partial charge in [0, 0.05) is 6.54 Å². The summed E-state index contributed by atoms with van der Waals surface area (Å²) in [6.45, 7) is 4.99. The number of likely N-dealkylation sites (tertiary alicyclic amines) is 1. The highest BCUT2D eigenvalue weighted by atomic mass is 16.7. The molecule has 160 valence electrons.